The Morgan fingerprint density at radius 2 is 1.52 bits per heavy atom. The summed E-state index contributed by atoms with van der Waals surface area (Å²) < 4.78 is 24.0. The molecule has 126 valence electrons. The van der Waals surface area contributed by atoms with Gasteiger partial charge in [-0.3, -0.25) is 0 Å². The minimum Gasteiger partial charge on any atom is -0.228 e. The lowest BCUT2D eigenvalue weighted by Gasteiger charge is -2.43. The summed E-state index contributed by atoms with van der Waals surface area (Å²) in [5, 5.41) is 0. The van der Waals surface area contributed by atoms with E-state index < -0.39 is 14.6 Å². The van der Waals surface area contributed by atoms with Crippen LogP contribution in [0.4, 0.5) is 0 Å². The van der Waals surface area contributed by atoms with Crippen LogP contribution in [0.1, 0.15) is 73.6 Å². The normalized spacial score (nSPS) is 28.6. The van der Waals surface area contributed by atoms with Gasteiger partial charge in [0.05, 0.1) is 10.5 Å². The van der Waals surface area contributed by atoms with Gasteiger partial charge in [0, 0.05) is 5.88 Å². The number of hydrogen-bond donors (Lipinski definition) is 0. The van der Waals surface area contributed by atoms with Crippen LogP contribution >= 0.6 is 11.6 Å². The lowest BCUT2D eigenvalue weighted by Crippen LogP contribution is -2.37. The van der Waals surface area contributed by atoms with E-state index in [9.17, 15) is 8.42 Å². The highest BCUT2D eigenvalue weighted by Gasteiger charge is 2.40. The molecule has 0 aromatic heterocycles. The maximum absolute atomic E-state index is 12.3. The van der Waals surface area contributed by atoms with Gasteiger partial charge in [-0.1, -0.05) is 20.8 Å². The van der Waals surface area contributed by atoms with Gasteiger partial charge in [0.1, 0.15) is 0 Å². The first-order chi connectivity index (χ1) is 9.33. The molecule has 4 heteroatoms. The average molecular weight is 337 g/mol. The van der Waals surface area contributed by atoms with E-state index in [1.807, 2.05) is 0 Å². The molecule has 0 amide bonds. The van der Waals surface area contributed by atoms with Crippen LogP contribution in [0, 0.1) is 16.7 Å². The molecule has 0 spiro atoms. The van der Waals surface area contributed by atoms with Gasteiger partial charge < -0.3 is 0 Å². The smallest absolute Gasteiger partial charge is 0.155 e. The van der Waals surface area contributed by atoms with Crippen LogP contribution in [0.3, 0.4) is 0 Å². The number of rotatable bonds is 4. The van der Waals surface area contributed by atoms with Crippen LogP contribution in [0.5, 0.6) is 0 Å². The highest BCUT2D eigenvalue weighted by Crippen LogP contribution is 2.48. The first-order valence-electron chi connectivity index (χ1n) is 8.11. The Morgan fingerprint density at radius 3 is 1.86 bits per heavy atom. The predicted octanol–water partition coefficient (Wildman–Crippen LogP) is 5.05. The minimum absolute atomic E-state index is 0.0294. The molecule has 0 radical (unpaired) electrons. The Bertz CT molecular complexity index is 432. The molecule has 21 heavy (non-hydrogen) atoms. The standard InChI is InChI=1S/C17H33ClO2S/c1-15(2,3)14-7-9-17(13-18,10-8-14)11-12-21(19,20)16(4,5)6/h14H,7-13H2,1-6H3. The van der Waals surface area contributed by atoms with E-state index in [0.717, 1.165) is 18.8 Å². The third-order valence-corrected chi connectivity index (χ3v) is 8.56. The van der Waals surface area contributed by atoms with Crippen molar-refractivity contribution < 1.29 is 8.42 Å². The Balaban J connectivity index is 2.69. The van der Waals surface area contributed by atoms with Crippen molar-refractivity contribution in [2.45, 2.75) is 78.4 Å². The van der Waals surface area contributed by atoms with Crippen LogP contribution < -0.4 is 0 Å². The van der Waals surface area contributed by atoms with Crippen molar-refractivity contribution in [2.75, 3.05) is 11.6 Å². The van der Waals surface area contributed by atoms with Gasteiger partial charge in [-0.15, -0.1) is 11.6 Å². The van der Waals surface area contributed by atoms with Gasteiger partial charge in [0.25, 0.3) is 0 Å². The summed E-state index contributed by atoms with van der Waals surface area (Å²) in [5.41, 5.74) is 0.373. The molecule has 0 aromatic carbocycles. The van der Waals surface area contributed by atoms with E-state index in [0.29, 0.717) is 17.7 Å². The third kappa shape index (κ3) is 4.86. The second kappa shape index (κ2) is 6.39. The van der Waals surface area contributed by atoms with Crippen molar-refractivity contribution in [3.05, 3.63) is 0 Å². The molecule has 0 heterocycles. The molecule has 0 N–H and O–H groups in total. The van der Waals surface area contributed by atoms with Crippen molar-refractivity contribution >= 4 is 21.4 Å². The molecule has 0 aromatic rings. The Hall–Kier alpha value is 0.240. The number of sulfone groups is 1. The average Bonchev–Trinajstić information content (AvgIpc) is 2.34. The van der Waals surface area contributed by atoms with Crippen LogP contribution in [0.15, 0.2) is 0 Å². The molecule has 0 unspecified atom stereocenters. The monoisotopic (exact) mass is 336 g/mol. The largest absolute Gasteiger partial charge is 0.228 e. The van der Waals surface area contributed by atoms with Crippen LogP contribution in [0.2, 0.25) is 0 Å². The molecule has 0 bridgehead atoms. The van der Waals surface area contributed by atoms with Crippen molar-refractivity contribution in [1.29, 1.82) is 0 Å². The van der Waals surface area contributed by atoms with Crippen molar-refractivity contribution in [3.63, 3.8) is 0 Å². The molecule has 0 saturated heterocycles. The van der Waals surface area contributed by atoms with Crippen molar-refractivity contribution in [1.82, 2.24) is 0 Å². The highest BCUT2D eigenvalue weighted by molar-refractivity contribution is 7.92. The second-order valence-electron chi connectivity index (χ2n) is 8.96. The summed E-state index contributed by atoms with van der Waals surface area (Å²) in [4.78, 5) is 0. The summed E-state index contributed by atoms with van der Waals surface area (Å²) in [7, 11) is -3.05. The quantitative estimate of drug-likeness (QED) is 0.673. The molecule has 1 rings (SSSR count). The fourth-order valence-electron chi connectivity index (χ4n) is 3.20. The van der Waals surface area contributed by atoms with E-state index in [-0.39, 0.29) is 11.2 Å². The highest BCUT2D eigenvalue weighted by atomic mass is 35.5. The number of alkyl halides is 1. The summed E-state index contributed by atoms with van der Waals surface area (Å²) >= 11 is 6.25. The zero-order chi connectivity index (χ0) is 16.5. The van der Waals surface area contributed by atoms with Crippen LogP contribution in [-0.4, -0.2) is 24.8 Å². The Morgan fingerprint density at radius 1 is 1.05 bits per heavy atom. The van der Waals surface area contributed by atoms with E-state index in [2.05, 4.69) is 20.8 Å². The van der Waals surface area contributed by atoms with Gasteiger partial charge in [0.15, 0.2) is 9.84 Å². The second-order valence-corrected chi connectivity index (χ2v) is 12.1. The number of hydrogen-bond acceptors (Lipinski definition) is 2. The molecule has 1 aliphatic carbocycles. The molecule has 0 atom stereocenters. The molecular formula is C17H33ClO2S. The van der Waals surface area contributed by atoms with E-state index in [1.165, 1.54) is 12.8 Å². The molecule has 0 aliphatic heterocycles. The summed E-state index contributed by atoms with van der Waals surface area (Å²) in [5.74, 6) is 1.58. The molecular weight excluding hydrogens is 304 g/mol. The molecule has 1 saturated carbocycles. The zero-order valence-electron chi connectivity index (χ0n) is 14.6. The Labute approximate surface area is 137 Å². The molecule has 1 aliphatic rings. The van der Waals surface area contributed by atoms with E-state index in [4.69, 9.17) is 11.6 Å². The van der Waals surface area contributed by atoms with E-state index in [1.54, 1.807) is 20.8 Å². The summed E-state index contributed by atoms with van der Waals surface area (Å²) in [6.07, 6.45) is 5.20. The van der Waals surface area contributed by atoms with Gasteiger partial charge in [-0.2, -0.15) is 0 Å². The SMILES string of the molecule is CC(C)(C)C1CCC(CCl)(CCS(=O)(=O)C(C)(C)C)CC1. The summed E-state index contributed by atoms with van der Waals surface area (Å²) in [6, 6.07) is 0. The number of halogens is 1. The fraction of sp³-hybridized carbons (Fsp3) is 1.00. The van der Waals surface area contributed by atoms with Gasteiger partial charge in [-0.25, -0.2) is 8.42 Å². The predicted molar refractivity (Wildman–Crippen MR) is 92.7 cm³/mol. The lowest BCUT2D eigenvalue weighted by molar-refractivity contribution is 0.0995. The van der Waals surface area contributed by atoms with Crippen LogP contribution in [0.25, 0.3) is 0 Å². The fourth-order valence-corrected chi connectivity index (χ4v) is 4.92. The van der Waals surface area contributed by atoms with Crippen molar-refractivity contribution in [2.24, 2.45) is 16.7 Å². The van der Waals surface area contributed by atoms with Gasteiger partial charge in [-0.05, 0) is 69.6 Å². The zero-order valence-corrected chi connectivity index (χ0v) is 16.2. The maximum Gasteiger partial charge on any atom is 0.155 e. The lowest BCUT2D eigenvalue weighted by atomic mass is 9.64. The maximum atomic E-state index is 12.3. The Kier molecular flexibility index (Phi) is 5.87. The molecule has 2 nitrogen and oxygen atoms in total. The van der Waals surface area contributed by atoms with Gasteiger partial charge in [0.2, 0.25) is 0 Å². The van der Waals surface area contributed by atoms with Crippen LogP contribution in [-0.2, 0) is 9.84 Å². The van der Waals surface area contributed by atoms with E-state index >= 15 is 0 Å². The van der Waals surface area contributed by atoms with Crippen molar-refractivity contribution in [3.8, 4) is 0 Å². The minimum atomic E-state index is -3.05. The third-order valence-electron chi connectivity index (χ3n) is 5.39. The molecule has 1 fully saturated rings. The first kappa shape index (κ1) is 19.3. The van der Waals surface area contributed by atoms with Gasteiger partial charge >= 0.3 is 0 Å². The summed E-state index contributed by atoms with van der Waals surface area (Å²) in [6.45, 7) is 12.3. The topological polar surface area (TPSA) is 34.1 Å². The first-order valence-corrected chi connectivity index (χ1v) is 10.3.